The summed E-state index contributed by atoms with van der Waals surface area (Å²) in [4.78, 5) is 0. The molecule has 0 aliphatic heterocycles. The van der Waals surface area contributed by atoms with E-state index >= 15 is 0 Å². The lowest BCUT2D eigenvalue weighted by Gasteiger charge is -2.25. The molecule has 0 aromatic heterocycles. The van der Waals surface area contributed by atoms with Gasteiger partial charge in [0.05, 0.1) is 12.7 Å². The van der Waals surface area contributed by atoms with Crippen molar-refractivity contribution in [2.75, 3.05) is 13.2 Å². The van der Waals surface area contributed by atoms with Crippen molar-refractivity contribution in [1.29, 1.82) is 0 Å². The molecule has 0 heterocycles. The predicted octanol–water partition coefficient (Wildman–Crippen LogP) is 1.82. The van der Waals surface area contributed by atoms with E-state index in [-0.39, 0.29) is 11.5 Å². The van der Waals surface area contributed by atoms with Crippen LogP contribution >= 0.6 is 0 Å². The molecule has 0 saturated heterocycles. The van der Waals surface area contributed by atoms with Crippen molar-refractivity contribution in [3.8, 4) is 0 Å². The summed E-state index contributed by atoms with van der Waals surface area (Å²) in [5, 5.41) is 9.13. The highest BCUT2D eigenvalue weighted by Gasteiger charge is 2.19. The highest BCUT2D eigenvalue weighted by atomic mass is 16.5. The van der Waals surface area contributed by atoms with E-state index in [1.165, 1.54) is 0 Å². The molecule has 0 fully saturated rings. The molecule has 1 atom stereocenters. The monoisotopic (exact) mass is 160 g/mol. The van der Waals surface area contributed by atoms with E-state index < -0.39 is 0 Å². The number of ether oxygens (including phenoxy) is 1. The minimum absolute atomic E-state index is 0.101. The Balaban J connectivity index is 3.61. The van der Waals surface area contributed by atoms with Crippen molar-refractivity contribution in [3.05, 3.63) is 0 Å². The highest BCUT2D eigenvalue weighted by molar-refractivity contribution is 4.70. The summed E-state index contributed by atoms with van der Waals surface area (Å²) in [7, 11) is 0. The fourth-order valence-electron chi connectivity index (χ4n) is 1.24. The lowest BCUT2D eigenvalue weighted by molar-refractivity contribution is 0.0370. The van der Waals surface area contributed by atoms with E-state index in [1.54, 1.807) is 0 Å². The first-order valence-corrected chi connectivity index (χ1v) is 4.24. The summed E-state index contributed by atoms with van der Waals surface area (Å²) in [5.74, 6) is 0. The van der Waals surface area contributed by atoms with Crippen molar-refractivity contribution < 1.29 is 9.84 Å². The van der Waals surface area contributed by atoms with E-state index in [4.69, 9.17) is 9.84 Å². The molecule has 2 nitrogen and oxygen atoms in total. The number of hydrogen-bond acceptors (Lipinski definition) is 2. The number of aliphatic hydroxyl groups excluding tert-OH is 1. The Morgan fingerprint density at radius 1 is 1.45 bits per heavy atom. The van der Waals surface area contributed by atoms with Gasteiger partial charge in [-0.3, -0.25) is 0 Å². The topological polar surface area (TPSA) is 29.5 Å². The Hall–Kier alpha value is -0.0800. The molecule has 11 heavy (non-hydrogen) atoms. The Kier molecular flexibility index (Phi) is 4.69. The quantitative estimate of drug-likeness (QED) is 0.664. The molecule has 0 radical (unpaired) electrons. The van der Waals surface area contributed by atoms with Crippen LogP contribution in [0, 0.1) is 5.41 Å². The fraction of sp³-hybridized carbons (Fsp3) is 1.00. The van der Waals surface area contributed by atoms with E-state index in [0.29, 0.717) is 0 Å². The first-order valence-electron chi connectivity index (χ1n) is 4.24. The molecule has 0 aliphatic carbocycles. The van der Waals surface area contributed by atoms with Gasteiger partial charge in [-0.2, -0.15) is 0 Å². The molecule has 2 heteroatoms. The van der Waals surface area contributed by atoms with Gasteiger partial charge in [0.15, 0.2) is 0 Å². The summed E-state index contributed by atoms with van der Waals surface area (Å²) in [6, 6.07) is 0. The van der Waals surface area contributed by atoms with Crippen LogP contribution in [0.25, 0.3) is 0 Å². The average molecular weight is 160 g/mol. The molecule has 0 aliphatic rings. The van der Waals surface area contributed by atoms with Gasteiger partial charge in [-0.1, -0.05) is 13.8 Å². The minimum atomic E-state index is -0.231. The molecule has 0 saturated carbocycles. The van der Waals surface area contributed by atoms with Crippen molar-refractivity contribution >= 4 is 0 Å². The van der Waals surface area contributed by atoms with Crippen LogP contribution < -0.4 is 0 Å². The molecule has 0 rings (SSSR count). The van der Waals surface area contributed by atoms with Gasteiger partial charge in [0.2, 0.25) is 0 Å². The number of hydrogen-bond donors (Lipinski definition) is 1. The zero-order valence-electron chi connectivity index (χ0n) is 8.05. The first-order chi connectivity index (χ1) is 4.98. The Morgan fingerprint density at radius 3 is 2.36 bits per heavy atom. The van der Waals surface area contributed by atoms with Crippen LogP contribution in [-0.4, -0.2) is 24.4 Å². The van der Waals surface area contributed by atoms with Gasteiger partial charge in [-0.05, 0) is 25.7 Å². The Labute approximate surface area is 69.6 Å². The lowest BCUT2D eigenvalue weighted by atomic mass is 9.88. The van der Waals surface area contributed by atoms with Crippen LogP contribution in [0.1, 0.15) is 34.1 Å². The smallest absolute Gasteiger partial charge is 0.0518 e. The highest BCUT2D eigenvalue weighted by Crippen LogP contribution is 2.22. The summed E-state index contributed by atoms with van der Waals surface area (Å²) in [6.07, 6.45) is 0.568. The molecule has 0 spiro atoms. The van der Waals surface area contributed by atoms with Crippen LogP contribution in [0.15, 0.2) is 0 Å². The normalized spacial score (nSPS) is 15.0. The third-order valence-corrected chi connectivity index (χ3v) is 1.54. The zero-order chi connectivity index (χ0) is 8.91. The van der Waals surface area contributed by atoms with E-state index in [1.807, 2.05) is 13.8 Å². The maximum absolute atomic E-state index is 9.13. The van der Waals surface area contributed by atoms with Crippen molar-refractivity contribution in [2.45, 2.75) is 40.2 Å². The molecule has 1 unspecified atom stereocenters. The fourth-order valence-corrected chi connectivity index (χ4v) is 1.24. The largest absolute Gasteiger partial charge is 0.393 e. The third kappa shape index (κ3) is 6.32. The van der Waals surface area contributed by atoms with Crippen LogP contribution in [0.2, 0.25) is 0 Å². The van der Waals surface area contributed by atoms with Crippen LogP contribution in [0.3, 0.4) is 0 Å². The Morgan fingerprint density at radius 2 is 2.00 bits per heavy atom. The van der Waals surface area contributed by atoms with E-state index in [2.05, 4.69) is 13.8 Å². The van der Waals surface area contributed by atoms with Gasteiger partial charge in [0.1, 0.15) is 0 Å². The van der Waals surface area contributed by atoms with Crippen LogP contribution in [-0.2, 0) is 4.74 Å². The summed E-state index contributed by atoms with van der Waals surface area (Å²) < 4.78 is 5.29. The molecule has 0 bridgehead atoms. The van der Waals surface area contributed by atoms with E-state index in [0.717, 1.165) is 19.6 Å². The van der Waals surface area contributed by atoms with Crippen molar-refractivity contribution in [1.82, 2.24) is 0 Å². The second-order valence-corrected chi connectivity index (χ2v) is 3.85. The third-order valence-electron chi connectivity index (χ3n) is 1.54. The molecular weight excluding hydrogens is 140 g/mol. The maximum Gasteiger partial charge on any atom is 0.0518 e. The average Bonchev–Trinajstić information content (AvgIpc) is 1.81. The number of aliphatic hydroxyl groups is 1. The molecule has 0 amide bonds. The van der Waals surface area contributed by atoms with Crippen LogP contribution in [0.4, 0.5) is 0 Å². The second-order valence-electron chi connectivity index (χ2n) is 3.85. The minimum Gasteiger partial charge on any atom is -0.393 e. The summed E-state index contributed by atoms with van der Waals surface area (Å²) in [5.41, 5.74) is 0.101. The lowest BCUT2D eigenvalue weighted by Crippen LogP contribution is -2.24. The van der Waals surface area contributed by atoms with Gasteiger partial charge in [-0.25, -0.2) is 0 Å². The predicted molar refractivity (Wildman–Crippen MR) is 46.6 cm³/mol. The van der Waals surface area contributed by atoms with Crippen molar-refractivity contribution in [2.24, 2.45) is 5.41 Å². The van der Waals surface area contributed by atoms with Gasteiger partial charge in [-0.15, -0.1) is 0 Å². The van der Waals surface area contributed by atoms with Gasteiger partial charge in [0.25, 0.3) is 0 Å². The van der Waals surface area contributed by atoms with Gasteiger partial charge < -0.3 is 9.84 Å². The summed E-state index contributed by atoms with van der Waals surface area (Å²) >= 11 is 0. The second kappa shape index (κ2) is 4.73. The number of rotatable bonds is 5. The standard InChI is InChI=1S/C9H20O2/c1-5-11-7-9(3,4)6-8(2)10/h8,10H,5-7H2,1-4H3. The van der Waals surface area contributed by atoms with Crippen molar-refractivity contribution in [3.63, 3.8) is 0 Å². The molecule has 1 N–H and O–H groups in total. The molecule has 68 valence electrons. The Bertz CT molecular complexity index is 97.7. The van der Waals surface area contributed by atoms with Gasteiger partial charge >= 0.3 is 0 Å². The molecule has 0 aromatic carbocycles. The van der Waals surface area contributed by atoms with E-state index in [9.17, 15) is 0 Å². The van der Waals surface area contributed by atoms with Gasteiger partial charge in [0, 0.05) is 6.61 Å². The zero-order valence-corrected chi connectivity index (χ0v) is 8.05. The molecule has 0 aromatic rings. The maximum atomic E-state index is 9.13. The molecular formula is C9H20O2. The summed E-state index contributed by atoms with van der Waals surface area (Å²) in [6.45, 7) is 9.49. The first kappa shape index (κ1) is 10.9. The SMILES string of the molecule is CCOCC(C)(C)CC(C)O. The van der Waals surface area contributed by atoms with Crippen LogP contribution in [0.5, 0.6) is 0 Å².